The predicted octanol–water partition coefficient (Wildman–Crippen LogP) is 3.81. The van der Waals surface area contributed by atoms with Gasteiger partial charge < -0.3 is 20.7 Å². The second-order valence-electron chi connectivity index (χ2n) is 6.85. The van der Waals surface area contributed by atoms with Crippen molar-refractivity contribution >= 4 is 60.9 Å². The smallest absolute Gasteiger partial charge is 0.416 e. The van der Waals surface area contributed by atoms with Gasteiger partial charge in [-0.15, -0.1) is 0 Å². The molecule has 1 heterocycles. The number of nitrogens with one attached hydrogen (secondary N) is 3. The second kappa shape index (κ2) is 10.5. The van der Waals surface area contributed by atoms with Crippen LogP contribution in [0.15, 0.2) is 45.8 Å². The van der Waals surface area contributed by atoms with Gasteiger partial charge in [0.25, 0.3) is 0 Å². The molecule has 2 aromatic carbocycles. The number of urea groups is 1. The highest BCUT2D eigenvalue weighted by Gasteiger charge is 2.43. The Morgan fingerprint density at radius 2 is 1.68 bits per heavy atom. The number of esters is 1. The molecule has 2 aromatic rings. The Balaban J connectivity index is 2.05. The van der Waals surface area contributed by atoms with Crippen molar-refractivity contribution in [3.63, 3.8) is 0 Å². The van der Waals surface area contributed by atoms with Crippen LogP contribution in [-0.4, -0.2) is 57.1 Å². The van der Waals surface area contributed by atoms with Crippen LogP contribution in [-0.2, 0) is 14.8 Å². The van der Waals surface area contributed by atoms with E-state index >= 15 is 0 Å². The van der Waals surface area contributed by atoms with Crippen LogP contribution in [0.25, 0.3) is 0 Å². The number of benzene rings is 2. The van der Waals surface area contributed by atoms with Crippen LogP contribution in [0.4, 0.5) is 29.3 Å². The van der Waals surface area contributed by atoms with Crippen LogP contribution in [0.3, 0.4) is 0 Å². The highest BCUT2D eigenvalue weighted by Crippen LogP contribution is 2.40. The monoisotopic (exact) mass is 584 g/mol. The number of para-hydroxylation sites is 1. The van der Waals surface area contributed by atoms with Crippen molar-refractivity contribution in [2.24, 2.45) is 0 Å². The first kappa shape index (κ1) is 26.2. The molecule has 1 aliphatic rings. The first-order valence-corrected chi connectivity index (χ1v) is 12.2. The molecule has 3 rings (SSSR count). The molecule has 0 unspecified atom stereocenters. The summed E-state index contributed by atoms with van der Waals surface area (Å²) in [6, 6.07) is 7.63. The average molecular weight is 586 g/mol. The third-order valence-electron chi connectivity index (χ3n) is 4.53. The Bertz CT molecular complexity index is 1210. The fourth-order valence-electron chi connectivity index (χ4n) is 2.98. The molecule has 0 saturated carbocycles. The standard InChI is InChI=1S/C19H17BrClF3N4O5S/c20-11-3-1-2-4-13(11)26-18(30)27-14-6-5-12(21)16(15(14)33-17(29)19(22,23)24)34(31,32)28-9-7-25-8-10-28/h1-6,25H,7-10H2,(H2,26,27,30). The molecule has 9 nitrogen and oxygen atoms in total. The molecule has 1 aliphatic heterocycles. The fraction of sp³-hybridized carbons (Fsp3) is 0.263. The molecule has 1 saturated heterocycles. The Labute approximate surface area is 205 Å². The normalized spacial score (nSPS) is 15.0. The van der Waals surface area contributed by atoms with Gasteiger partial charge in [-0.05, 0) is 40.2 Å². The van der Waals surface area contributed by atoms with Crippen molar-refractivity contribution in [1.82, 2.24) is 9.62 Å². The number of alkyl halides is 3. The molecule has 0 spiro atoms. The predicted molar refractivity (Wildman–Crippen MR) is 122 cm³/mol. The number of halogens is 5. The number of rotatable bonds is 5. The van der Waals surface area contributed by atoms with Crippen LogP contribution < -0.4 is 20.7 Å². The maximum absolute atomic E-state index is 13.2. The van der Waals surface area contributed by atoms with E-state index in [1.54, 1.807) is 18.2 Å². The number of nitrogens with zero attached hydrogens (tertiary/aromatic N) is 1. The van der Waals surface area contributed by atoms with Crippen LogP contribution in [0.2, 0.25) is 5.02 Å². The molecule has 2 amide bonds. The fourth-order valence-corrected chi connectivity index (χ4v) is 5.43. The van der Waals surface area contributed by atoms with Crippen molar-refractivity contribution in [3.05, 3.63) is 45.9 Å². The molecule has 0 atom stereocenters. The largest absolute Gasteiger partial charge is 0.491 e. The number of piperazine rings is 1. The maximum atomic E-state index is 13.2. The zero-order chi connectivity index (χ0) is 25.1. The van der Waals surface area contributed by atoms with Gasteiger partial charge in [0.1, 0.15) is 4.90 Å². The van der Waals surface area contributed by atoms with Crippen molar-refractivity contribution in [3.8, 4) is 5.75 Å². The molecule has 3 N–H and O–H groups in total. The summed E-state index contributed by atoms with van der Waals surface area (Å²) >= 11 is 9.29. The Morgan fingerprint density at radius 3 is 2.29 bits per heavy atom. The molecule has 184 valence electrons. The van der Waals surface area contributed by atoms with Gasteiger partial charge in [0.15, 0.2) is 5.75 Å². The molecule has 0 aliphatic carbocycles. The lowest BCUT2D eigenvalue weighted by Crippen LogP contribution is -2.46. The summed E-state index contributed by atoms with van der Waals surface area (Å²) in [6.45, 7) is 0.596. The molecular weight excluding hydrogens is 569 g/mol. The zero-order valence-electron chi connectivity index (χ0n) is 17.1. The minimum absolute atomic E-state index is 0.00545. The summed E-state index contributed by atoms with van der Waals surface area (Å²) in [5.74, 6) is -3.73. The van der Waals surface area contributed by atoms with E-state index in [2.05, 4.69) is 36.6 Å². The highest BCUT2D eigenvalue weighted by molar-refractivity contribution is 9.10. The maximum Gasteiger partial charge on any atom is 0.491 e. The number of amides is 2. The third kappa shape index (κ3) is 5.99. The van der Waals surface area contributed by atoms with E-state index in [0.717, 1.165) is 16.4 Å². The highest BCUT2D eigenvalue weighted by atomic mass is 79.9. The van der Waals surface area contributed by atoms with Gasteiger partial charge in [-0.2, -0.15) is 17.5 Å². The van der Waals surface area contributed by atoms with Gasteiger partial charge >= 0.3 is 18.2 Å². The van der Waals surface area contributed by atoms with Crippen molar-refractivity contribution < 1.29 is 35.9 Å². The summed E-state index contributed by atoms with van der Waals surface area (Å²) in [5, 5.41) is 7.12. The Kier molecular flexibility index (Phi) is 8.08. The van der Waals surface area contributed by atoms with E-state index in [1.807, 2.05) is 0 Å². The molecular formula is C19H17BrClF3N4O5S. The number of hydrogen-bond acceptors (Lipinski definition) is 6. The van der Waals surface area contributed by atoms with E-state index in [4.69, 9.17) is 11.6 Å². The van der Waals surface area contributed by atoms with Gasteiger partial charge in [0.05, 0.1) is 16.4 Å². The molecule has 1 fully saturated rings. The van der Waals surface area contributed by atoms with Gasteiger partial charge in [-0.3, -0.25) is 0 Å². The number of carbonyl (C=O) groups is 2. The lowest BCUT2D eigenvalue weighted by atomic mass is 10.3. The Hall–Kier alpha value is -2.39. The minimum atomic E-state index is -5.44. The third-order valence-corrected chi connectivity index (χ3v) is 7.62. The molecule has 0 aromatic heterocycles. The van der Waals surface area contributed by atoms with Gasteiger partial charge in [-0.25, -0.2) is 18.0 Å². The lowest BCUT2D eigenvalue weighted by Gasteiger charge is -2.28. The van der Waals surface area contributed by atoms with Crippen LogP contribution in [0.1, 0.15) is 0 Å². The van der Waals surface area contributed by atoms with Crippen molar-refractivity contribution in [2.75, 3.05) is 36.8 Å². The lowest BCUT2D eigenvalue weighted by molar-refractivity contribution is -0.189. The number of ether oxygens (including phenoxy) is 1. The first-order chi connectivity index (χ1) is 15.9. The van der Waals surface area contributed by atoms with Crippen molar-refractivity contribution in [2.45, 2.75) is 11.1 Å². The second-order valence-corrected chi connectivity index (χ2v) is 9.99. The van der Waals surface area contributed by atoms with E-state index in [0.29, 0.717) is 23.2 Å². The summed E-state index contributed by atoms with van der Waals surface area (Å²) in [7, 11) is -4.50. The SMILES string of the molecule is O=C(Nc1ccccc1Br)Nc1ccc(Cl)c(S(=O)(=O)N2CCNCC2)c1OC(=O)C(F)(F)F. The number of sulfonamides is 1. The van der Waals surface area contributed by atoms with Crippen LogP contribution in [0, 0.1) is 0 Å². The van der Waals surface area contributed by atoms with Crippen LogP contribution in [0.5, 0.6) is 5.75 Å². The molecule has 15 heteroatoms. The summed E-state index contributed by atoms with van der Waals surface area (Å²) < 4.78 is 71.3. The number of anilines is 2. The quantitative estimate of drug-likeness (QED) is 0.363. The van der Waals surface area contributed by atoms with Crippen LogP contribution >= 0.6 is 27.5 Å². The molecule has 34 heavy (non-hydrogen) atoms. The van der Waals surface area contributed by atoms with Gasteiger partial charge in [0, 0.05) is 30.7 Å². The Morgan fingerprint density at radius 1 is 1.06 bits per heavy atom. The molecule has 0 radical (unpaired) electrons. The number of carbonyl (C=O) groups excluding carboxylic acids is 2. The topological polar surface area (TPSA) is 117 Å². The van der Waals surface area contributed by atoms with E-state index in [1.165, 1.54) is 6.07 Å². The van der Waals surface area contributed by atoms with E-state index < -0.39 is 49.6 Å². The summed E-state index contributed by atoms with van der Waals surface area (Å²) in [4.78, 5) is 23.3. The minimum Gasteiger partial charge on any atom is -0.416 e. The van der Waals surface area contributed by atoms with E-state index in [-0.39, 0.29) is 13.1 Å². The van der Waals surface area contributed by atoms with Gasteiger partial charge in [-0.1, -0.05) is 23.7 Å². The number of hydrogen-bond donors (Lipinski definition) is 3. The van der Waals surface area contributed by atoms with Gasteiger partial charge in [0.2, 0.25) is 10.0 Å². The first-order valence-electron chi connectivity index (χ1n) is 9.56. The average Bonchev–Trinajstić information content (AvgIpc) is 2.77. The summed E-state index contributed by atoms with van der Waals surface area (Å²) in [6.07, 6.45) is -5.44. The molecule has 0 bridgehead atoms. The summed E-state index contributed by atoms with van der Waals surface area (Å²) in [5.41, 5.74) is -0.197. The van der Waals surface area contributed by atoms with E-state index in [9.17, 15) is 31.2 Å². The van der Waals surface area contributed by atoms with Crippen molar-refractivity contribution in [1.29, 1.82) is 0 Å². The zero-order valence-corrected chi connectivity index (χ0v) is 20.2.